The van der Waals surface area contributed by atoms with E-state index in [-0.39, 0.29) is 0 Å². The predicted molar refractivity (Wildman–Crippen MR) is 71.0 cm³/mol. The van der Waals surface area contributed by atoms with E-state index in [1.165, 1.54) is 0 Å². The van der Waals surface area contributed by atoms with Crippen molar-refractivity contribution >= 4 is 27.9 Å². The molecule has 3 nitrogen and oxygen atoms in total. The van der Waals surface area contributed by atoms with Crippen LogP contribution < -0.4 is 0 Å². The molecule has 0 aromatic carbocycles. The maximum atomic E-state index is 10.5. The standard InChI is InChI=1S/C8H5BrN2O.2C2H6/c9-6-1-2-11-7(5-12)4-10-8(11)3-6;2*1-2/h1-5H;2*1-2H3. The Bertz CT molecular complexity index is 438. The lowest BCUT2D eigenvalue weighted by molar-refractivity contribution is 0.111. The smallest absolute Gasteiger partial charge is 0.168 e. The summed E-state index contributed by atoms with van der Waals surface area (Å²) >= 11 is 3.32. The lowest BCUT2D eigenvalue weighted by Gasteiger charge is -1.94. The molecule has 0 aliphatic heterocycles. The van der Waals surface area contributed by atoms with Gasteiger partial charge in [0.1, 0.15) is 11.3 Å². The van der Waals surface area contributed by atoms with E-state index < -0.39 is 0 Å². The average molecular weight is 285 g/mol. The molecule has 0 aliphatic carbocycles. The van der Waals surface area contributed by atoms with E-state index in [0.29, 0.717) is 5.69 Å². The van der Waals surface area contributed by atoms with E-state index in [9.17, 15) is 4.79 Å². The summed E-state index contributed by atoms with van der Waals surface area (Å²) in [5.41, 5.74) is 1.34. The summed E-state index contributed by atoms with van der Waals surface area (Å²) in [6, 6.07) is 3.72. The number of halogens is 1. The van der Waals surface area contributed by atoms with Crippen LogP contribution >= 0.6 is 15.9 Å². The molecular weight excluding hydrogens is 268 g/mol. The van der Waals surface area contributed by atoms with Crippen LogP contribution in [0.2, 0.25) is 0 Å². The zero-order chi connectivity index (χ0) is 12.6. The van der Waals surface area contributed by atoms with E-state index >= 15 is 0 Å². The highest BCUT2D eigenvalue weighted by atomic mass is 79.9. The van der Waals surface area contributed by atoms with Crippen LogP contribution in [0.4, 0.5) is 0 Å². The Balaban J connectivity index is 0.000000509. The Morgan fingerprint density at radius 1 is 1.31 bits per heavy atom. The Morgan fingerprint density at radius 2 is 1.94 bits per heavy atom. The second-order valence-corrected chi connectivity index (χ2v) is 3.29. The summed E-state index contributed by atoms with van der Waals surface area (Å²) in [7, 11) is 0. The fourth-order valence-electron chi connectivity index (χ4n) is 1.06. The molecule has 0 radical (unpaired) electrons. The van der Waals surface area contributed by atoms with Crippen LogP contribution in [-0.4, -0.2) is 15.7 Å². The fraction of sp³-hybridized carbons (Fsp3) is 0.333. The molecule has 0 amide bonds. The normalized spacial score (nSPS) is 8.56. The topological polar surface area (TPSA) is 34.4 Å². The Hall–Kier alpha value is -1.16. The van der Waals surface area contributed by atoms with Crippen molar-refractivity contribution in [1.29, 1.82) is 0 Å². The largest absolute Gasteiger partial charge is 0.297 e. The third kappa shape index (κ3) is 3.45. The summed E-state index contributed by atoms with van der Waals surface area (Å²) in [4.78, 5) is 14.5. The third-order valence-corrected chi connectivity index (χ3v) is 2.12. The van der Waals surface area contributed by atoms with E-state index in [1.54, 1.807) is 16.8 Å². The number of carbonyl (C=O) groups excluding carboxylic acids is 1. The summed E-state index contributed by atoms with van der Waals surface area (Å²) in [5.74, 6) is 0. The zero-order valence-corrected chi connectivity index (χ0v) is 11.7. The molecule has 0 bridgehead atoms. The number of nitrogens with zero attached hydrogens (tertiary/aromatic N) is 2. The van der Waals surface area contributed by atoms with Gasteiger partial charge < -0.3 is 0 Å². The number of carbonyl (C=O) groups is 1. The van der Waals surface area contributed by atoms with E-state index in [2.05, 4.69) is 20.9 Å². The van der Waals surface area contributed by atoms with Crippen molar-refractivity contribution in [3.63, 3.8) is 0 Å². The van der Waals surface area contributed by atoms with Crippen LogP contribution in [0, 0.1) is 0 Å². The van der Waals surface area contributed by atoms with Gasteiger partial charge in [-0.3, -0.25) is 9.20 Å². The van der Waals surface area contributed by atoms with Gasteiger partial charge in [0.15, 0.2) is 6.29 Å². The number of imidazole rings is 1. The zero-order valence-electron chi connectivity index (χ0n) is 10.1. The van der Waals surface area contributed by atoms with Gasteiger partial charge in [0.25, 0.3) is 0 Å². The first-order valence-corrected chi connectivity index (χ1v) is 6.18. The summed E-state index contributed by atoms with van der Waals surface area (Å²) in [6.07, 6.45) is 4.14. The molecule has 16 heavy (non-hydrogen) atoms. The van der Waals surface area contributed by atoms with Crippen molar-refractivity contribution in [3.8, 4) is 0 Å². The first kappa shape index (κ1) is 14.8. The van der Waals surface area contributed by atoms with Crippen LogP contribution in [0.25, 0.3) is 5.65 Å². The maximum absolute atomic E-state index is 10.5. The number of fused-ring (bicyclic) bond motifs is 1. The highest BCUT2D eigenvalue weighted by Crippen LogP contribution is 2.12. The lowest BCUT2D eigenvalue weighted by Crippen LogP contribution is -1.88. The van der Waals surface area contributed by atoms with Gasteiger partial charge in [-0.25, -0.2) is 4.98 Å². The Kier molecular flexibility index (Phi) is 7.46. The first-order valence-electron chi connectivity index (χ1n) is 5.39. The molecule has 2 aromatic heterocycles. The molecule has 2 heterocycles. The summed E-state index contributed by atoms with van der Waals surface area (Å²) < 4.78 is 2.69. The van der Waals surface area contributed by atoms with Crippen LogP contribution in [0.3, 0.4) is 0 Å². The van der Waals surface area contributed by atoms with E-state index in [0.717, 1.165) is 16.4 Å². The van der Waals surface area contributed by atoms with Gasteiger partial charge >= 0.3 is 0 Å². The fourth-order valence-corrected chi connectivity index (χ4v) is 1.39. The van der Waals surface area contributed by atoms with E-state index in [4.69, 9.17) is 0 Å². The average Bonchev–Trinajstić information content (AvgIpc) is 2.76. The van der Waals surface area contributed by atoms with Gasteiger partial charge in [-0.2, -0.15) is 0 Å². The highest BCUT2D eigenvalue weighted by Gasteiger charge is 2.00. The molecule has 2 aromatic rings. The van der Waals surface area contributed by atoms with Crippen LogP contribution in [0.15, 0.2) is 29.0 Å². The van der Waals surface area contributed by atoms with Crippen LogP contribution in [-0.2, 0) is 0 Å². The minimum absolute atomic E-state index is 0.567. The van der Waals surface area contributed by atoms with Gasteiger partial charge in [0.2, 0.25) is 0 Å². The number of hydrogen-bond donors (Lipinski definition) is 0. The molecule has 0 saturated heterocycles. The van der Waals surface area contributed by atoms with Crippen molar-refractivity contribution in [2.45, 2.75) is 27.7 Å². The molecule has 0 atom stereocenters. The van der Waals surface area contributed by atoms with E-state index in [1.807, 2.05) is 39.8 Å². The molecular formula is C12H17BrN2O. The third-order valence-electron chi connectivity index (χ3n) is 1.62. The first-order chi connectivity index (χ1) is 7.81. The SMILES string of the molecule is CC.CC.O=Cc1cnc2cc(Br)ccn12. The molecule has 0 spiro atoms. The number of rotatable bonds is 1. The lowest BCUT2D eigenvalue weighted by atomic mass is 10.4. The second-order valence-electron chi connectivity index (χ2n) is 2.37. The molecule has 0 saturated carbocycles. The minimum atomic E-state index is 0.567. The van der Waals surface area contributed by atoms with Crippen molar-refractivity contribution < 1.29 is 4.79 Å². The molecule has 0 unspecified atom stereocenters. The maximum Gasteiger partial charge on any atom is 0.168 e. The second kappa shape index (κ2) is 8.05. The quantitative estimate of drug-likeness (QED) is 0.743. The molecule has 4 heteroatoms. The molecule has 88 valence electrons. The van der Waals surface area contributed by atoms with Gasteiger partial charge in [-0.05, 0) is 12.1 Å². The Morgan fingerprint density at radius 3 is 2.50 bits per heavy atom. The monoisotopic (exact) mass is 284 g/mol. The van der Waals surface area contributed by atoms with Gasteiger partial charge in [-0.1, -0.05) is 43.6 Å². The van der Waals surface area contributed by atoms with Crippen molar-refractivity contribution in [2.24, 2.45) is 0 Å². The summed E-state index contributed by atoms with van der Waals surface area (Å²) in [5, 5.41) is 0. The predicted octanol–water partition coefficient (Wildman–Crippen LogP) is 3.96. The number of hydrogen-bond acceptors (Lipinski definition) is 2. The molecule has 0 fully saturated rings. The summed E-state index contributed by atoms with van der Waals surface area (Å²) in [6.45, 7) is 8.00. The number of aromatic nitrogens is 2. The van der Waals surface area contributed by atoms with Crippen molar-refractivity contribution in [1.82, 2.24) is 9.38 Å². The van der Waals surface area contributed by atoms with Gasteiger partial charge in [-0.15, -0.1) is 0 Å². The van der Waals surface area contributed by atoms with Crippen LogP contribution in [0.5, 0.6) is 0 Å². The minimum Gasteiger partial charge on any atom is -0.297 e. The molecule has 0 aliphatic rings. The van der Waals surface area contributed by atoms with Crippen molar-refractivity contribution in [2.75, 3.05) is 0 Å². The Labute approximate surface area is 105 Å². The van der Waals surface area contributed by atoms with Gasteiger partial charge in [0.05, 0.1) is 6.20 Å². The van der Waals surface area contributed by atoms with Crippen molar-refractivity contribution in [3.05, 3.63) is 34.7 Å². The number of aldehydes is 1. The number of pyridine rings is 1. The molecule has 2 rings (SSSR count). The van der Waals surface area contributed by atoms with Crippen LogP contribution in [0.1, 0.15) is 38.2 Å². The van der Waals surface area contributed by atoms with Gasteiger partial charge in [0, 0.05) is 10.7 Å². The highest BCUT2D eigenvalue weighted by molar-refractivity contribution is 9.10. The molecule has 0 N–H and O–H groups in total.